The lowest BCUT2D eigenvalue weighted by Gasteiger charge is -2.39. The van der Waals surface area contributed by atoms with Gasteiger partial charge in [0.25, 0.3) is 0 Å². The minimum atomic E-state index is -0.936. The molecule has 24 heavy (non-hydrogen) atoms. The topological polar surface area (TPSA) is 95.7 Å². The minimum Gasteiger partial charge on any atom is -0.481 e. The molecule has 2 amide bonds. The first-order valence-corrected chi connectivity index (χ1v) is 7.94. The highest BCUT2D eigenvalue weighted by atomic mass is 16.4. The predicted octanol–water partition coefficient (Wildman–Crippen LogP) is 0.509. The average molecular weight is 336 g/mol. The Balaban J connectivity index is 2.23. The maximum absolute atomic E-state index is 12.9. The number of hydrogen-bond donors (Lipinski definition) is 1. The number of aliphatic carboxylic acids is 1. The summed E-state index contributed by atoms with van der Waals surface area (Å²) >= 11 is 0. The van der Waals surface area contributed by atoms with Crippen LogP contribution in [0.5, 0.6) is 0 Å². The second-order valence-electron chi connectivity index (χ2n) is 6.50. The summed E-state index contributed by atoms with van der Waals surface area (Å²) in [6.45, 7) is 1.71. The van der Waals surface area contributed by atoms with E-state index in [-0.39, 0.29) is 24.4 Å². The van der Waals surface area contributed by atoms with Gasteiger partial charge in [-0.3, -0.25) is 19.1 Å². The molecule has 0 saturated carbocycles. The fourth-order valence-electron chi connectivity index (χ4n) is 3.21. The van der Waals surface area contributed by atoms with Gasteiger partial charge in [0.1, 0.15) is 0 Å². The van der Waals surface area contributed by atoms with Crippen LogP contribution in [-0.2, 0) is 21.4 Å². The van der Waals surface area contributed by atoms with Crippen LogP contribution in [0.3, 0.4) is 0 Å². The maximum atomic E-state index is 12.9. The van der Waals surface area contributed by atoms with Gasteiger partial charge in [-0.2, -0.15) is 5.10 Å². The van der Waals surface area contributed by atoms with Crippen molar-refractivity contribution in [1.82, 2.24) is 19.6 Å². The van der Waals surface area contributed by atoms with Crippen LogP contribution in [-0.4, -0.2) is 63.1 Å². The zero-order valence-corrected chi connectivity index (χ0v) is 14.5. The predicted molar refractivity (Wildman–Crippen MR) is 85.9 cm³/mol. The Labute approximate surface area is 141 Å². The van der Waals surface area contributed by atoms with Gasteiger partial charge in [-0.25, -0.2) is 0 Å². The van der Waals surface area contributed by atoms with Crippen molar-refractivity contribution in [2.45, 2.75) is 25.8 Å². The molecule has 0 radical (unpaired) electrons. The van der Waals surface area contributed by atoms with Crippen LogP contribution in [0.15, 0.2) is 12.4 Å². The van der Waals surface area contributed by atoms with E-state index >= 15 is 0 Å². The van der Waals surface area contributed by atoms with E-state index in [9.17, 15) is 14.4 Å². The Bertz CT molecular complexity index is 642. The summed E-state index contributed by atoms with van der Waals surface area (Å²) in [6, 6.07) is -0.380. The molecule has 3 unspecified atom stereocenters. The Hall–Kier alpha value is -2.38. The van der Waals surface area contributed by atoms with Gasteiger partial charge >= 0.3 is 5.97 Å². The Morgan fingerprint density at radius 2 is 2.12 bits per heavy atom. The van der Waals surface area contributed by atoms with Crippen LogP contribution < -0.4 is 0 Å². The van der Waals surface area contributed by atoms with Crippen molar-refractivity contribution in [1.29, 1.82) is 0 Å². The molecule has 1 aliphatic heterocycles. The molecule has 3 atom stereocenters. The second-order valence-corrected chi connectivity index (χ2v) is 6.50. The minimum absolute atomic E-state index is 0.00513. The van der Waals surface area contributed by atoms with Crippen LogP contribution >= 0.6 is 0 Å². The van der Waals surface area contributed by atoms with Crippen molar-refractivity contribution in [3.8, 4) is 0 Å². The summed E-state index contributed by atoms with van der Waals surface area (Å²) in [5, 5.41) is 13.2. The number of carbonyl (C=O) groups excluding carboxylic acids is 2. The van der Waals surface area contributed by atoms with Crippen molar-refractivity contribution in [2.75, 3.05) is 20.6 Å². The van der Waals surface area contributed by atoms with Gasteiger partial charge in [0.05, 0.1) is 24.1 Å². The van der Waals surface area contributed by atoms with Gasteiger partial charge < -0.3 is 14.9 Å². The molecule has 1 aromatic rings. The molecule has 2 heterocycles. The summed E-state index contributed by atoms with van der Waals surface area (Å²) < 4.78 is 1.64. The number of hydrogen-bond acceptors (Lipinski definition) is 4. The maximum Gasteiger partial charge on any atom is 0.308 e. The molecular weight excluding hydrogens is 312 g/mol. The first kappa shape index (κ1) is 18.0. The molecular formula is C16H24N4O4. The number of carbonyl (C=O) groups is 3. The summed E-state index contributed by atoms with van der Waals surface area (Å²) in [7, 11) is 5.09. The molecule has 8 heteroatoms. The number of rotatable bonds is 5. The van der Waals surface area contributed by atoms with E-state index in [0.717, 1.165) is 5.56 Å². The van der Waals surface area contributed by atoms with Gasteiger partial charge in [0.2, 0.25) is 11.8 Å². The molecule has 0 aliphatic carbocycles. The molecule has 1 aromatic heterocycles. The lowest BCUT2D eigenvalue weighted by atomic mass is 9.84. The third-order valence-electron chi connectivity index (χ3n) is 4.59. The highest BCUT2D eigenvalue weighted by molar-refractivity contribution is 5.85. The molecule has 1 aliphatic rings. The molecule has 8 nitrogen and oxygen atoms in total. The first-order chi connectivity index (χ1) is 11.2. The molecule has 0 spiro atoms. The number of nitrogens with zero attached hydrogens (tertiary/aromatic N) is 4. The smallest absolute Gasteiger partial charge is 0.308 e. The highest BCUT2D eigenvalue weighted by Gasteiger charge is 2.40. The van der Waals surface area contributed by atoms with Crippen LogP contribution in [0.25, 0.3) is 0 Å². The van der Waals surface area contributed by atoms with Crippen molar-refractivity contribution in [3.05, 3.63) is 18.0 Å². The van der Waals surface area contributed by atoms with E-state index in [1.54, 1.807) is 50.0 Å². The number of carboxylic acids is 1. The van der Waals surface area contributed by atoms with Crippen molar-refractivity contribution >= 4 is 17.8 Å². The third-order valence-corrected chi connectivity index (χ3v) is 4.59. The van der Waals surface area contributed by atoms with Crippen molar-refractivity contribution in [2.24, 2.45) is 18.9 Å². The molecule has 0 bridgehead atoms. The summed E-state index contributed by atoms with van der Waals surface area (Å²) in [5.41, 5.74) is 0.811. The quantitative estimate of drug-likeness (QED) is 0.845. The van der Waals surface area contributed by atoms with Gasteiger partial charge in [-0.05, 0) is 6.42 Å². The molecule has 132 valence electrons. The van der Waals surface area contributed by atoms with E-state index < -0.39 is 17.8 Å². The van der Waals surface area contributed by atoms with Crippen LogP contribution in [0, 0.1) is 11.8 Å². The van der Waals surface area contributed by atoms with Gasteiger partial charge in [0, 0.05) is 45.9 Å². The van der Waals surface area contributed by atoms with E-state index in [2.05, 4.69) is 5.10 Å². The van der Waals surface area contributed by atoms with E-state index in [1.807, 2.05) is 0 Å². The fraction of sp³-hybridized carbons (Fsp3) is 0.625. The molecule has 1 saturated heterocycles. The third kappa shape index (κ3) is 3.58. The zero-order chi connectivity index (χ0) is 18.0. The zero-order valence-electron chi connectivity index (χ0n) is 14.5. The van der Waals surface area contributed by atoms with Gasteiger partial charge in [-0.15, -0.1) is 0 Å². The Morgan fingerprint density at radius 1 is 1.46 bits per heavy atom. The monoisotopic (exact) mass is 336 g/mol. The lowest BCUT2D eigenvalue weighted by Crippen LogP contribution is -2.47. The van der Waals surface area contributed by atoms with Crippen molar-refractivity contribution in [3.63, 3.8) is 0 Å². The number of aryl methyl sites for hydroxylation is 1. The van der Waals surface area contributed by atoms with E-state index in [0.29, 0.717) is 12.8 Å². The number of carboxylic acid groups (broad SMARTS) is 1. The Kier molecular flexibility index (Phi) is 5.26. The number of amides is 2. The van der Waals surface area contributed by atoms with E-state index in [4.69, 9.17) is 5.11 Å². The van der Waals surface area contributed by atoms with Crippen LogP contribution in [0.2, 0.25) is 0 Å². The first-order valence-electron chi connectivity index (χ1n) is 7.94. The molecule has 2 rings (SSSR count). The van der Waals surface area contributed by atoms with Gasteiger partial charge in [-0.1, -0.05) is 6.92 Å². The highest BCUT2D eigenvalue weighted by Crippen LogP contribution is 2.36. The largest absolute Gasteiger partial charge is 0.481 e. The van der Waals surface area contributed by atoms with Gasteiger partial charge in [0.15, 0.2) is 0 Å². The normalized spacial score (nSPS) is 22.3. The molecule has 1 fully saturated rings. The number of aromatic nitrogens is 2. The van der Waals surface area contributed by atoms with E-state index in [1.165, 1.54) is 4.90 Å². The summed E-state index contributed by atoms with van der Waals surface area (Å²) in [6.07, 6.45) is 4.24. The molecule has 1 N–H and O–H groups in total. The summed E-state index contributed by atoms with van der Waals surface area (Å²) in [5.74, 6) is -2.12. The lowest BCUT2D eigenvalue weighted by molar-refractivity contribution is -0.147. The SMILES string of the molecule is CC(CN(C)C(=O)C1CCC(=O)N(C)C1c1cnn(C)c1)C(=O)O. The number of likely N-dealkylation sites (tertiary alicyclic amines) is 1. The Morgan fingerprint density at radius 3 is 2.67 bits per heavy atom. The fourth-order valence-corrected chi connectivity index (χ4v) is 3.21. The standard InChI is InChI=1S/C16H24N4O4/c1-10(16(23)24)8-18(2)15(22)12-5-6-13(21)20(4)14(12)11-7-17-19(3)9-11/h7,9-10,12,14H,5-6,8H2,1-4H3,(H,23,24). The summed E-state index contributed by atoms with van der Waals surface area (Å²) in [4.78, 5) is 39.0. The average Bonchev–Trinajstić information content (AvgIpc) is 2.94. The van der Waals surface area contributed by atoms with Crippen molar-refractivity contribution < 1.29 is 19.5 Å². The van der Waals surface area contributed by atoms with Crippen LogP contribution in [0.4, 0.5) is 0 Å². The van der Waals surface area contributed by atoms with Crippen LogP contribution in [0.1, 0.15) is 31.4 Å². The molecule has 0 aromatic carbocycles. The number of piperidine rings is 1. The second kappa shape index (κ2) is 7.02.